The molecule has 0 aliphatic carbocycles. The van der Waals surface area contributed by atoms with Gasteiger partial charge in [0.25, 0.3) is 0 Å². The van der Waals surface area contributed by atoms with Crippen molar-refractivity contribution in [1.82, 2.24) is 0 Å². The van der Waals surface area contributed by atoms with E-state index in [1.54, 1.807) is 0 Å². The van der Waals surface area contributed by atoms with Gasteiger partial charge in [-0.05, 0) is 78.7 Å². The van der Waals surface area contributed by atoms with Crippen molar-refractivity contribution in [3.63, 3.8) is 0 Å². The molecule has 0 spiro atoms. The Morgan fingerprint density at radius 2 is 1.06 bits per heavy atom. The quantitative estimate of drug-likeness (QED) is 0.217. The van der Waals surface area contributed by atoms with Crippen LogP contribution in [-0.4, -0.2) is 0 Å². The fourth-order valence-electron chi connectivity index (χ4n) is 5.37. The molecule has 166 valence electrons. The molecule has 0 N–H and O–H groups in total. The zero-order chi connectivity index (χ0) is 23.6. The summed E-state index contributed by atoms with van der Waals surface area (Å²) in [7, 11) is 0. The van der Waals surface area contributed by atoms with Crippen LogP contribution >= 0.6 is 23.2 Å². The Morgan fingerprint density at radius 1 is 0.500 bits per heavy atom. The minimum Gasteiger partial charge on any atom is -0.0837 e. The van der Waals surface area contributed by atoms with Crippen molar-refractivity contribution in [2.45, 2.75) is 26.2 Å². The fourth-order valence-corrected chi connectivity index (χ4v) is 5.84. The number of halogens is 2. The fraction of sp³-hybridized carbons (Fsp3) is 0.125. The molecule has 0 radical (unpaired) electrons. The van der Waals surface area contributed by atoms with Gasteiger partial charge < -0.3 is 0 Å². The Bertz CT molecular complexity index is 1690. The maximum atomic E-state index is 6.78. The summed E-state index contributed by atoms with van der Waals surface area (Å²) in [4.78, 5) is 0. The predicted octanol–water partition coefficient (Wildman–Crippen LogP) is 10.5. The van der Waals surface area contributed by atoms with Gasteiger partial charge in [-0.3, -0.25) is 0 Å². The lowest BCUT2D eigenvalue weighted by molar-refractivity contribution is 0.596. The van der Waals surface area contributed by atoms with E-state index in [0.29, 0.717) is 0 Å². The van der Waals surface area contributed by atoms with E-state index in [-0.39, 0.29) is 5.41 Å². The average molecular weight is 479 g/mol. The lowest BCUT2D eigenvalue weighted by Gasteiger charge is -2.26. The van der Waals surface area contributed by atoms with Crippen molar-refractivity contribution in [1.29, 1.82) is 0 Å². The van der Waals surface area contributed by atoms with E-state index >= 15 is 0 Å². The van der Waals surface area contributed by atoms with Gasteiger partial charge in [0.2, 0.25) is 0 Å². The van der Waals surface area contributed by atoms with Gasteiger partial charge in [0.15, 0.2) is 0 Å². The summed E-state index contributed by atoms with van der Waals surface area (Å²) in [6, 6.07) is 32.0. The Kier molecular flexibility index (Phi) is 4.88. The first-order valence-electron chi connectivity index (χ1n) is 11.6. The first-order valence-corrected chi connectivity index (χ1v) is 12.3. The van der Waals surface area contributed by atoms with Crippen molar-refractivity contribution in [2.24, 2.45) is 0 Å². The molecule has 0 nitrogen and oxygen atoms in total. The third-order valence-corrected chi connectivity index (χ3v) is 7.54. The Morgan fingerprint density at radius 3 is 1.65 bits per heavy atom. The Labute approximate surface area is 210 Å². The summed E-state index contributed by atoms with van der Waals surface area (Å²) in [5, 5.41) is 9.05. The summed E-state index contributed by atoms with van der Waals surface area (Å²) in [6.07, 6.45) is 0. The van der Waals surface area contributed by atoms with Gasteiger partial charge in [0, 0.05) is 21.2 Å². The molecule has 0 fully saturated rings. The highest BCUT2D eigenvalue weighted by molar-refractivity contribution is 6.36. The lowest BCUT2D eigenvalue weighted by Crippen LogP contribution is -2.12. The van der Waals surface area contributed by atoms with Crippen LogP contribution < -0.4 is 0 Å². The van der Waals surface area contributed by atoms with Gasteiger partial charge in [0.1, 0.15) is 0 Å². The monoisotopic (exact) mass is 478 g/mol. The van der Waals surface area contributed by atoms with E-state index < -0.39 is 0 Å². The Balaban J connectivity index is 1.91. The third-order valence-electron chi connectivity index (χ3n) is 6.88. The minimum atomic E-state index is -0.0388. The van der Waals surface area contributed by atoms with Gasteiger partial charge in [-0.25, -0.2) is 0 Å². The first-order chi connectivity index (χ1) is 16.3. The molecule has 0 heterocycles. The second kappa shape index (κ2) is 7.73. The molecule has 0 amide bonds. The van der Waals surface area contributed by atoms with Gasteiger partial charge in [-0.1, -0.05) is 111 Å². The SMILES string of the molecule is CC(C)(C)c1ccc2c(-c3ccccc3Cl)cc3cccc4cc(-c5ccccc5Cl)c1c2c34. The zero-order valence-corrected chi connectivity index (χ0v) is 20.9. The largest absolute Gasteiger partial charge is 0.0837 e. The number of hydrogen-bond donors (Lipinski definition) is 0. The molecule has 6 aromatic carbocycles. The summed E-state index contributed by atoms with van der Waals surface area (Å²) >= 11 is 13.5. The molecular formula is C32H24Cl2. The lowest BCUT2D eigenvalue weighted by atomic mass is 9.77. The summed E-state index contributed by atoms with van der Waals surface area (Å²) in [5.74, 6) is 0. The van der Waals surface area contributed by atoms with Crippen LogP contribution in [0.5, 0.6) is 0 Å². The second-order valence-corrected chi connectivity index (χ2v) is 10.9. The summed E-state index contributed by atoms with van der Waals surface area (Å²) in [6.45, 7) is 6.85. The summed E-state index contributed by atoms with van der Waals surface area (Å²) < 4.78 is 0. The van der Waals surface area contributed by atoms with Gasteiger partial charge >= 0.3 is 0 Å². The van der Waals surface area contributed by atoms with Crippen LogP contribution in [0.1, 0.15) is 26.3 Å². The van der Waals surface area contributed by atoms with Crippen LogP contribution in [0.4, 0.5) is 0 Å². The molecule has 0 saturated carbocycles. The predicted molar refractivity (Wildman–Crippen MR) is 150 cm³/mol. The third kappa shape index (κ3) is 3.21. The van der Waals surface area contributed by atoms with E-state index in [2.05, 4.69) is 87.5 Å². The average Bonchev–Trinajstić information content (AvgIpc) is 2.82. The van der Waals surface area contributed by atoms with E-state index in [9.17, 15) is 0 Å². The van der Waals surface area contributed by atoms with E-state index in [4.69, 9.17) is 23.2 Å². The van der Waals surface area contributed by atoms with E-state index in [0.717, 1.165) is 26.7 Å². The number of rotatable bonds is 2. The van der Waals surface area contributed by atoms with Crippen LogP contribution in [0.2, 0.25) is 10.0 Å². The second-order valence-electron chi connectivity index (χ2n) is 10.0. The van der Waals surface area contributed by atoms with Gasteiger partial charge in [-0.15, -0.1) is 0 Å². The van der Waals surface area contributed by atoms with Crippen molar-refractivity contribution in [2.75, 3.05) is 0 Å². The molecule has 0 unspecified atom stereocenters. The minimum absolute atomic E-state index is 0.0388. The maximum Gasteiger partial charge on any atom is 0.0484 e. The standard InChI is InChI=1S/C32H24Cl2/c1-32(2,3)26-16-15-23-24(21-11-4-6-13-27(21)33)17-19-9-8-10-20-18-25(30(26)31(23)29(19)20)22-12-5-7-14-28(22)34/h4-18H,1-3H3. The first kappa shape index (κ1) is 21.5. The molecule has 0 saturated heterocycles. The number of benzene rings is 6. The van der Waals surface area contributed by atoms with Gasteiger partial charge in [-0.2, -0.15) is 0 Å². The molecule has 0 aliphatic rings. The van der Waals surface area contributed by atoms with Crippen molar-refractivity contribution in [3.8, 4) is 22.3 Å². The zero-order valence-electron chi connectivity index (χ0n) is 19.4. The Hall–Kier alpha value is -3.06. The van der Waals surface area contributed by atoms with Crippen LogP contribution in [0.3, 0.4) is 0 Å². The highest BCUT2D eigenvalue weighted by Crippen LogP contribution is 2.48. The maximum absolute atomic E-state index is 6.78. The van der Waals surface area contributed by atoms with Crippen LogP contribution in [0.15, 0.2) is 91.0 Å². The van der Waals surface area contributed by atoms with Crippen LogP contribution in [0, 0.1) is 0 Å². The smallest absolute Gasteiger partial charge is 0.0484 e. The molecule has 6 aromatic rings. The topological polar surface area (TPSA) is 0 Å². The van der Waals surface area contributed by atoms with Crippen molar-refractivity contribution < 1.29 is 0 Å². The number of hydrogen-bond acceptors (Lipinski definition) is 0. The molecule has 2 heteroatoms. The van der Waals surface area contributed by atoms with Gasteiger partial charge in [0.05, 0.1) is 0 Å². The molecule has 6 rings (SSSR count). The van der Waals surface area contributed by atoms with E-state index in [1.807, 2.05) is 24.3 Å². The van der Waals surface area contributed by atoms with E-state index in [1.165, 1.54) is 43.4 Å². The van der Waals surface area contributed by atoms with Crippen molar-refractivity contribution in [3.05, 3.63) is 107 Å². The molecule has 0 bridgehead atoms. The molecule has 0 aromatic heterocycles. The van der Waals surface area contributed by atoms with Crippen LogP contribution in [0.25, 0.3) is 54.6 Å². The summed E-state index contributed by atoms with van der Waals surface area (Å²) in [5.41, 5.74) is 5.74. The normalized spacial score (nSPS) is 12.3. The highest BCUT2D eigenvalue weighted by atomic mass is 35.5. The molecule has 0 aliphatic heterocycles. The van der Waals surface area contributed by atoms with Crippen molar-refractivity contribution >= 4 is 55.5 Å². The molecule has 0 atom stereocenters. The highest BCUT2D eigenvalue weighted by Gasteiger charge is 2.24. The van der Waals surface area contributed by atoms with Crippen LogP contribution in [-0.2, 0) is 5.41 Å². The molecule has 34 heavy (non-hydrogen) atoms. The molecular weight excluding hydrogens is 455 g/mol.